The standard InChI is InChI=1S/C12H20N2O2/c1-14(9-5-13-6-10(9)15)12(16)11-7-3-2-4-8(7)11/h7-11,13,15H,2-6H2,1H3/t7?,8?,9-,10-,11?/m0/s1. The Morgan fingerprint density at radius 3 is 2.56 bits per heavy atom. The first-order valence-electron chi connectivity index (χ1n) is 6.35. The lowest BCUT2D eigenvalue weighted by atomic mass is 10.1. The maximum atomic E-state index is 12.2. The van der Waals surface area contributed by atoms with Crippen LogP contribution in [0.1, 0.15) is 19.3 Å². The maximum Gasteiger partial charge on any atom is 0.226 e. The number of aliphatic hydroxyl groups is 1. The van der Waals surface area contributed by atoms with E-state index in [9.17, 15) is 9.90 Å². The Morgan fingerprint density at radius 2 is 2.00 bits per heavy atom. The van der Waals surface area contributed by atoms with Crippen molar-refractivity contribution in [3.63, 3.8) is 0 Å². The molecule has 2 unspecified atom stereocenters. The normalized spacial score (nSPS) is 45.5. The predicted octanol–water partition coefficient (Wildman–Crippen LogP) is -0.176. The van der Waals surface area contributed by atoms with Crippen LogP contribution < -0.4 is 5.32 Å². The molecule has 3 fully saturated rings. The van der Waals surface area contributed by atoms with Gasteiger partial charge in [0.1, 0.15) is 0 Å². The van der Waals surface area contributed by atoms with E-state index < -0.39 is 6.10 Å². The van der Waals surface area contributed by atoms with E-state index in [2.05, 4.69) is 5.32 Å². The van der Waals surface area contributed by atoms with E-state index in [-0.39, 0.29) is 17.9 Å². The van der Waals surface area contributed by atoms with Crippen molar-refractivity contribution in [1.29, 1.82) is 0 Å². The van der Waals surface area contributed by atoms with Crippen molar-refractivity contribution in [2.24, 2.45) is 17.8 Å². The summed E-state index contributed by atoms with van der Waals surface area (Å²) in [4.78, 5) is 14.0. The first-order valence-corrected chi connectivity index (χ1v) is 6.35. The molecule has 1 saturated heterocycles. The second kappa shape index (κ2) is 3.70. The summed E-state index contributed by atoms with van der Waals surface area (Å²) in [7, 11) is 1.84. The fraction of sp³-hybridized carbons (Fsp3) is 0.917. The van der Waals surface area contributed by atoms with Gasteiger partial charge in [0.05, 0.1) is 12.1 Å². The molecule has 0 bridgehead atoms. The van der Waals surface area contributed by atoms with Gasteiger partial charge in [-0.25, -0.2) is 0 Å². The Bertz CT molecular complexity index is 297. The zero-order valence-corrected chi connectivity index (χ0v) is 9.72. The molecule has 1 amide bonds. The van der Waals surface area contributed by atoms with Crippen molar-refractivity contribution in [3.8, 4) is 0 Å². The molecule has 0 spiro atoms. The van der Waals surface area contributed by atoms with Crippen LogP contribution in [0.4, 0.5) is 0 Å². The zero-order chi connectivity index (χ0) is 11.3. The van der Waals surface area contributed by atoms with Crippen molar-refractivity contribution >= 4 is 5.91 Å². The highest BCUT2D eigenvalue weighted by molar-refractivity contribution is 5.82. The van der Waals surface area contributed by atoms with E-state index in [1.807, 2.05) is 7.05 Å². The third-order valence-electron chi connectivity index (χ3n) is 4.69. The Hall–Kier alpha value is -0.610. The molecule has 2 saturated carbocycles. The second-order valence-electron chi connectivity index (χ2n) is 5.53. The van der Waals surface area contributed by atoms with Gasteiger partial charge in [-0.05, 0) is 24.7 Å². The molecular weight excluding hydrogens is 204 g/mol. The minimum atomic E-state index is -0.396. The molecule has 1 heterocycles. The number of hydrogen-bond donors (Lipinski definition) is 2. The summed E-state index contributed by atoms with van der Waals surface area (Å²) in [5, 5.41) is 12.9. The molecule has 90 valence electrons. The highest BCUT2D eigenvalue weighted by Gasteiger charge is 2.57. The van der Waals surface area contributed by atoms with Gasteiger partial charge in [-0.15, -0.1) is 0 Å². The average molecular weight is 224 g/mol. The number of carbonyl (C=O) groups is 1. The monoisotopic (exact) mass is 224 g/mol. The van der Waals surface area contributed by atoms with Crippen molar-refractivity contribution in [2.75, 3.05) is 20.1 Å². The topological polar surface area (TPSA) is 52.6 Å². The van der Waals surface area contributed by atoms with E-state index in [0.717, 1.165) is 6.54 Å². The lowest BCUT2D eigenvalue weighted by molar-refractivity contribution is -0.135. The van der Waals surface area contributed by atoms with E-state index in [4.69, 9.17) is 0 Å². The van der Waals surface area contributed by atoms with Gasteiger partial charge in [-0.2, -0.15) is 0 Å². The van der Waals surface area contributed by atoms with Crippen LogP contribution in [0.2, 0.25) is 0 Å². The van der Waals surface area contributed by atoms with Crippen molar-refractivity contribution in [2.45, 2.75) is 31.4 Å². The SMILES string of the molecule is CN(C(=O)C1C2CCCC21)[C@H]1CNC[C@@H]1O. The number of likely N-dealkylation sites (N-methyl/N-ethyl adjacent to an activating group) is 1. The van der Waals surface area contributed by atoms with E-state index >= 15 is 0 Å². The van der Waals surface area contributed by atoms with Crippen LogP contribution in [0.15, 0.2) is 0 Å². The first-order chi connectivity index (χ1) is 7.70. The number of fused-ring (bicyclic) bond motifs is 1. The van der Waals surface area contributed by atoms with Gasteiger partial charge in [0, 0.05) is 26.1 Å². The number of amides is 1. The summed E-state index contributed by atoms with van der Waals surface area (Å²) >= 11 is 0. The summed E-state index contributed by atoms with van der Waals surface area (Å²) in [6, 6.07) is -0.0196. The molecule has 4 nitrogen and oxygen atoms in total. The second-order valence-corrected chi connectivity index (χ2v) is 5.53. The summed E-state index contributed by atoms with van der Waals surface area (Å²) < 4.78 is 0. The Labute approximate surface area is 96.0 Å². The van der Waals surface area contributed by atoms with Crippen molar-refractivity contribution < 1.29 is 9.90 Å². The molecular formula is C12H20N2O2. The maximum absolute atomic E-state index is 12.2. The van der Waals surface area contributed by atoms with Crippen LogP contribution in [-0.4, -0.2) is 48.2 Å². The molecule has 0 aromatic rings. The van der Waals surface area contributed by atoms with Gasteiger partial charge in [0.25, 0.3) is 0 Å². The van der Waals surface area contributed by atoms with Crippen LogP contribution in [-0.2, 0) is 4.79 Å². The lowest BCUT2D eigenvalue weighted by Gasteiger charge is -2.27. The third kappa shape index (κ3) is 1.47. The number of nitrogens with zero attached hydrogens (tertiary/aromatic N) is 1. The van der Waals surface area contributed by atoms with Gasteiger partial charge in [-0.1, -0.05) is 6.42 Å². The Balaban J connectivity index is 1.62. The van der Waals surface area contributed by atoms with Crippen LogP contribution >= 0.6 is 0 Å². The number of nitrogens with one attached hydrogen (secondary N) is 1. The van der Waals surface area contributed by atoms with E-state index in [0.29, 0.717) is 18.4 Å². The zero-order valence-electron chi connectivity index (χ0n) is 9.72. The molecule has 4 heteroatoms. The predicted molar refractivity (Wildman–Crippen MR) is 59.8 cm³/mol. The molecule has 4 atom stereocenters. The van der Waals surface area contributed by atoms with E-state index in [1.54, 1.807) is 4.90 Å². The van der Waals surface area contributed by atoms with Crippen LogP contribution in [0, 0.1) is 17.8 Å². The molecule has 1 aliphatic heterocycles. The lowest BCUT2D eigenvalue weighted by Crippen LogP contribution is -2.45. The quantitative estimate of drug-likeness (QED) is 0.684. The summed E-state index contributed by atoms with van der Waals surface area (Å²) in [5.41, 5.74) is 0. The Kier molecular flexibility index (Phi) is 2.44. The number of rotatable bonds is 2. The highest BCUT2D eigenvalue weighted by Crippen LogP contribution is 2.58. The number of carbonyl (C=O) groups excluding carboxylic acids is 1. The molecule has 3 aliphatic rings. The van der Waals surface area contributed by atoms with Crippen molar-refractivity contribution in [3.05, 3.63) is 0 Å². The molecule has 16 heavy (non-hydrogen) atoms. The number of hydrogen-bond acceptors (Lipinski definition) is 3. The number of β-amino-alcohol motifs (C(OH)–C–C–N with tert-alkyl or cyclic N) is 1. The Morgan fingerprint density at radius 1 is 1.31 bits per heavy atom. The molecule has 3 rings (SSSR count). The molecule has 2 aliphatic carbocycles. The van der Waals surface area contributed by atoms with Gasteiger partial charge in [-0.3, -0.25) is 4.79 Å². The average Bonchev–Trinajstić information content (AvgIpc) is 2.70. The smallest absolute Gasteiger partial charge is 0.226 e. The summed E-state index contributed by atoms with van der Waals surface area (Å²) in [5.74, 6) is 1.89. The van der Waals surface area contributed by atoms with Gasteiger partial charge < -0.3 is 15.3 Å². The minimum Gasteiger partial charge on any atom is -0.390 e. The fourth-order valence-electron chi connectivity index (χ4n) is 3.63. The fourth-order valence-corrected chi connectivity index (χ4v) is 3.63. The minimum absolute atomic E-state index is 0.0196. The van der Waals surface area contributed by atoms with Gasteiger partial charge >= 0.3 is 0 Å². The van der Waals surface area contributed by atoms with E-state index in [1.165, 1.54) is 19.3 Å². The van der Waals surface area contributed by atoms with Gasteiger partial charge in [0.15, 0.2) is 0 Å². The van der Waals surface area contributed by atoms with Crippen LogP contribution in [0.3, 0.4) is 0 Å². The third-order valence-corrected chi connectivity index (χ3v) is 4.69. The number of aliphatic hydroxyl groups excluding tert-OH is 1. The molecule has 0 aromatic heterocycles. The van der Waals surface area contributed by atoms with Gasteiger partial charge in [0.2, 0.25) is 5.91 Å². The molecule has 2 N–H and O–H groups in total. The summed E-state index contributed by atoms with van der Waals surface area (Å²) in [6.07, 6.45) is 3.38. The van der Waals surface area contributed by atoms with Crippen LogP contribution in [0.25, 0.3) is 0 Å². The highest BCUT2D eigenvalue weighted by atomic mass is 16.3. The largest absolute Gasteiger partial charge is 0.390 e. The molecule has 0 radical (unpaired) electrons. The first kappa shape index (κ1) is 10.5. The molecule has 0 aromatic carbocycles. The summed E-state index contributed by atoms with van der Waals surface area (Å²) in [6.45, 7) is 1.34. The van der Waals surface area contributed by atoms with Crippen molar-refractivity contribution in [1.82, 2.24) is 10.2 Å². The van der Waals surface area contributed by atoms with Crippen LogP contribution in [0.5, 0.6) is 0 Å².